The number of hydrogen-bond acceptors (Lipinski definition) is 4. The quantitative estimate of drug-likeness (QED) is 0.794. The molecule has 1 aromatic rings. The molecule has 0 saturated heterocycles. The summed E-state index contributed by atoms with van der Waals surface area (Å²) in [6.07, 6.45) is 3.95. The molecule has 4 heteroatoms. The average Bonchev–Trinajstić information content (AvgIpc) is 3.07. The highest BCUT2D eigenvalue weighted by Crippen LogP contribution is 2.48. The first-order chi connectivity index (χ1) is 8.17. The average molecular weight is 234 g/mol. The summed E-state index contributed by atoms with van der Waals surface area (Å²) in [6.45, 7) is 8.20. The molecular formula is C13H22N4. The van der Waals surface area contributed by atoms with Crippen LogP contribution in [0.25, 0.3) is 0 Å². The number of anilines is 2. The lowest BCUT2D eigenvalue weighted by atomic mass is 10.0. The Morgan fingerprint density at radius 3 is 2.59 bits per heavy atom. The summed E-state index contributed by atoms with van der Waals surface area (Å²) >= 11 is 0. The van der Waals surface area contributed by atoms with Crippen molar-refractivity contribution in [1.82, 2.24) is 9.97 Å². The van der Waals surface area contributed by atoms with E-state index in [0.29, 0.717) is 5.41 Å². The third kappa shape index (κ3) is 3.08. The summed E-state index contributed by atoms with van der Waals surface area (Å²) in [5.41, 5.74) is 1.54. The SMILES string of the molecule is CCNc1nc(C)cc(NCC2(CC)CC2)n1. The van der Waals surface area contributed by atoms with Crippen LogP contribution in [0.1, 0.15) is 38.8 Å². The molecule has 1 aromatic heterocycles. The second kappa shape index (κ2) is 4.90. The molecule has 17 heavy (non-hydrogen) atoms. The molecule has 0 unspecified atom stereocenters. The minimum absolute atomic E-state index is 0.539. The van der Waals surface area contributed by atoms with E-state index in [9.17, 15) is 0 Å². The van der Waals surface area contributed by atoms with Crippen molar-refractivity contribution in [2.24, 2.45) is 5.41 Å². The number of nitrogens with one attached hydrogen (secondary N) is 2. The van der Waals surface area contributed by atoms with Crippen LogP contribution in [-0.2, 0) is 0 Å². The number of aromatic nitrogens is 2. The number of aryl methyl sites for hydroxylation is 1. The van der Waals surface area contributed by atoms with Crippen molar-refractivity contribution in [2.75, 3.05) is 23.7 Å². The summed E-state index contributed by atoms with van der Waals surface area (Å²) in [5.74, 6) is 1.66. The lowest BCUT2D eigenvalue weighted by Gasteiger charge is -2.14. The van der Waals surface area contributed by atoms with Gasteiger partial charge in [-0.1, -0.05) is 6.92 Å². The first-order valence-electron chi connectivity index (χ1n) is 6.51. The minimum Gasteiger partial charge on any atom is -0.369 e. The van der Waals surface area contributed by atoms with Gasteiger partial charge in [-0.25, -0.2) is 4.98 Å². The maximum absolute atomic E-state index is 4.46. The van der Waals surface area contributed by atoms with Crippen LogP contribution in [0.2, 0.25) is 0 Å². The van der Waals surface area contributed by atoms with E-state index in [4.69, 9.17) is 0 Å². The third-order valence-corrected chi connectivity index (χ3v) is 3.54. The molecule has 0 bridgehead atoms. The Morgan fingerprint density at radius 1 is 1.24 bits per heavy atom. The summed E-state index contributed by atoms with van der Waals surface area (Å²) < 4.78 is 0. The first-order valence-corrected chi connectivity index (χ1v) is 6.51. The van der Waals surface area contributed by atoms with E-state index in [1.54, 1.807) is 0 Å². The van der Waals surface area contributed by atoms with E-state index in [-0.39, 0.29) is 0 Å². The van der Waals surface area contributed by atoms with Crippen molar-refractivity contribution < 1.29 is 0 Å². The van der Waals surface area contributed by atoms with Gasteiger partial charge in [-0.3, -0.25) is 0 Å². The molecule has 1 aliphatic rings. The van der Waals surface area contributed by atoms with Crippen molar-refractivity contribution >= 4 is 11.8 Å². The summed E-state index contributed by atoms with van der Waals surface area (Å²) in [4.78, 5) is 8.80. The van der Waals surface area contributed by atoms with E-state index in [1.807, 2.05) is 13.0 Å². The van der Waals surface area contributed by atoms with Gasteiger partial charge in [0, 0.05) is 24.8 Å². The van der Waals surface area contributed by atoms with Gasteiger partial charge in [-0.05, 0) is 38.5 Å². The van der Waals surface area contributed by atoms with Gasteiger partial charge < -0.3 is 10.6 Å². The molecule has 0 radical (unpaired) electrons. The lowest BCUT2D eigenvalue weighted by molar-refractivity contribution is 0.520. The van der Waals surface area contributed by atoms with Crippen molar-refractivity contribution in [3.8, 4) is 0 Å². The van der Waals surface area contributed by atoms with Crippen molar-refractivity contribution in [1.29, 1.82) is 0 Å². The molecule has 1 fully saturated rings. The Hall–Kier alpha value is -1.32. The van der Waals surface area contributed by atoms with Crippen LogP contribution in [0.15, 0.2) is 6.07 Å². The van der Waals surface area contributed by atoms with E-state index >= 15 is 0 Å². The highest BCUT2D eigenvalue weighted by atomic mass is 15.1. The molecule has 0 aliphatic heterocycles. The predicted molar refractivity (Wildman–Crippen MR) is 71.4 cm³/mol. The normalized spacial score (nSPS) is 16.6. The highest BCUT2D eigenvalue weighted by molar-refractivity contribution is 5.42. The minimum atomic E-state index is 0.539. The second-order valence-corrected chi connectivity index (χ2v) is 4.96. The molecule has 1 saturated carbocycles. The molecule has 1 heterocycles. The van der Waals surface area contributed by atoms with Crippen LogP contribution in [-0.4, -0.2) is 23.1 Å². The van der Waals surface area contributed by atoms with E-state index < -0.39 is 0 Å². The van der Waals surface area contributed by atoms with Gasteiger partial charge in [0.1, 0.15) is 5.82 Å². The maximum atomic E-state index is 4.46. The zero-order valence-electron chi connectivity index (χ0n) is 11.0. The lowest BCUT2D eigenvalue weighted by Crippen LogP contribution is -2.16. The van der Waals surface area contributed by atoms with E-state index in [2.05, 4.69) is 34.4 Å². The van der Waals surface area contributed by atoms with Crippen molar-refractivity contribution in [3.63, 3.8) is 0 Å². The largest absolute Gasteiger partial charge is 0.369 e. The van der Waals surface area contributed by atoms with Gasteiger partial charge in [-0.2, -0.15) is 4.98 Å². The molecular weight excluding hydrogens is 212 g/mol. The molecule has 2 rings (SSSR count). The van der Waals surface area contributed by atoms with Gasteiger partial charge in [0.15, 0.2) is 0 Å². The van der Waals surface area contributed by atoms with Crippen molar-refractivity contribution in [2.45, 2.75) is 40.0 Å². The van der Waals surface area contributed by atoms with Crippen LogP contribution in [0.5, 0.6) is 0 Å². The predicted octanol–water partition coefficient (Wildman–Crippen LogP) is 2.82. The standard InChI is InChI=1S/C13H22N4/c1-4-13(6-7-13)9-15-11-8-10(3)16-12(17-11)14-5-2/h8H,4-7,9H2,1-3H3,(H2,14,15,16,17). The molecule has 0 atom stereocenters. The van der Waals surface area contributed by atoms with Crippen LogP contribution in [0.3, 0.4) is 0 Å². The Kier molecular flexibility index (Phi) is 3.50. The summed E-state index contributed by atoms with van der Waals surface area (Å²) in [7, 11) is 0. The van der Waals surface area contributed by atoms with E-state index in [1.165, 1.54) is 19.3 Å². The fourth-order valence-electron chi connectivity index (χ4n) is 2.01. The van der Waals surface area contributed by atoms with Crippen LogP contribution >= 0.6 is 0 Å². The molecule has 4 nitrogen and oxygen atoms in total. The summed E-state index contributed by atoms with van der Waals surface area (Å²) in [5, 5.41) is 6.60. The number of rotatable bonds is 6. The van der Waals surface area contributed by atoms with Gasteiger partial charge in [-0.15, -0.1) is 0 Å². The van der Waals surface area contributed by atoms with Gasteiger partial charge in [0.05, 0.1) is 0 Å². The third-order valence-electron chi connectivity index (χ3n) is 3.54. The molecule has 0 aromatic carbocycles. The Morgan fingerprint density at radius 2 is 2.00 bits per heavy atom. The molecule has 2 N–H and O–H groups in total. The summed E-state index contributed by atoms with van der Waals surface area (Å²) in [6, 6.07) is 2.01. The fourth-order valence-corrected chi connectivity index (χ4v) is 2.01. The van der Waals surface area contributed by atoms with Gasteiger partial charge in [0.25, 0.3) is 0 Å². The molecule has 94 valence electrons. The van der Waals surface area contributed by atoms with E-state index in [0.717, 1.165) is 30.5 Å². The Labute approximate surface area is 103 Å². The van der Waals surface area contributed by atoms with Crippen LogP contribution in [0, 0.1) is 12.3 Å². The number of hydrogen-bond donors (Lipinski definition) is 2. The second-order valence-electron chi connectivity index (χ2n) is 4.96. The smallest absolute Gasteiger partial charge is 0.224 e. The Balaban J connectivity index is 2.00. The van der Waals surface area contributed by atoms with Crippen molar-refractivity contribution in [3.05, 3.63) is 11.8 Å². The first kappa shape index (κ1) is 12.1. The highest BCUT2D eigenvalue weighted by Gasteiger charge is 2.40. The zero-order chi connectivity index (χ0) is 12.3. The molecule has 0 amide bonds. The van der Waals surface area contributed by atoms with Crippen LogP contribution in [0.4, 0.5) is 11.8 Å². The van der Waals surface area contributed by atoms with Gasteiger partial charge >= 0.3 is 0 Å². The molecule has 1 aliphatic carbocycles. The molecule has 0 spiro atoms. The topological polar surface area (TPSA) is 49.8 Å². The van der Waals surface area contributed by atoms with Gasteiger partial charge in [0.2, 0.25) is 5.95 Å². The monoisotopic (exact) mass is 234 g/mol. The van der Waals surface area contributed by atoms with Crippen LogP contribution < -0.4 is 10.6 Å². The fraction of sp³-hybridized carbons (Fsp3) is 0.692. The zero-order valence-corrected chi connectivity index (χ0v) is 11.0. The maximum Gasteiger partial charge on any atom is 0.224 e. The Bertz CT molecular complexity index is 385. The number of nitrogens with zero attached hydrogens (tertiary/aromatic N) is 2.